The van der Waals surface area contributed by atoms with Gasteiger partial charge < -0.3 is 5.32 Å². The average Bonchev–Trinajstić information content (AvgIpc) is 2.02. The van der Waals surface area contributed by atoms with Crippen molar-refractivity contribution in [2.45, 2.75) is 32.4 Å². The number of nitrogens with one attached hydrogen (secondary N) is 1. The van der Waals surface area contributed by atoms with Crippen LogP contribution in [0.4, 0.5) is 13.2 Å². The van der Waals surface area contributed by atoms with Crippen molar-refractivity contribution < 1.29 is 18.0 Å². The summed E-state index contributed by atoms with van der Waals surface area (Å²) in [4.78, 5) is 11.2. The largest absolute Gasteiger partial charge is 0.389 e. The molecule has 0 radical (unpaired) electrons. The van der Waals surface area contributed by atoms with Gasteiger partial charge in [0.15, 0.2) is 0 Å². The Morgan fingerprint density at radius 3 is 2.43 bits per heavy atom. The normalized spacial score (nSPS) is 14.1. The molecule has 0 aliphatic carbocycles. The van der Waals surface area contributed by atoms with E-state index in [1.54, 1.807) is 14.0 Å². The zero-order valence-corrected chi connectivity index (χ0v) is 8.45. The molecule has 0 aromatic rings. The fraction of sp³-hybridized carbons (Fsp3) is 0.889. The van der Waals surface area contributed by atoms with Crippen LogP contribution in [0, 0.1) is 5.92 Å². The topological polar surface area (TPSA) is 29.1 Å². The third kappa shape index (κ3) is 6.88. The van der Waals surface area contributed by atoms with Gasteiger partial charge in [-0.05, 0) is 13.5 Å². The summed E-state index contributed by atoms with van der Waals surface area (Å²) in [5.41, 5.74) is 0. The summed E-state index contributed by atoms with van der Waals surface area (Å²) < 4.78 is 35.2. The number of rotatable bonds is 6. The van der Waals surface area contributed by atoms with E-state index in [1.807, 2.05) is 0 Å². The van der Waals surface area contributed by atoms with Crippen LogP contribution in [0.1, 0.15) is 26.2 Å². The molecular weight excluding hydrogens is 195 g/mol. The zero-order valence-electron chi connectivity index (χ0n) is 8.45. The Morgan fingerprint density at radius 1 is 1.43 bits per heavy atom. The number of hydrogen-bond acceptors (Lipinski definition) is 2. The molecule has 0 rings (SSSR count). The number of hydrogen-bond donors (Lipinski definition) is 1. The minimum atomic E-state index is -4.15. The highest BCUT2D eigenvalue weighted by Crippen LogP contribution is 2.22. The van der Waals surface area contributed by atoms with Crippen LogP contribution in [0.15, 0.2) is 0 Å². The third-order valence-electron chi connectivity index (χ3n) is 1.94. The number of ketones is 1. The molecule has 0 heterocycles. The van der Waals surface area contributed by atoms with Crippen molar-refractivity contribution in [3.05, 3.63) is 0 Å². The van der Waals surface area contributed by atoms with E-state index in [2.05, 4.69) is 5.32 Å². The highest BCUT2D eigenvalue weighted by atomic mass is 19.4. The van der Waals surface area contributed by atoms with Crippen LogP contribution in [0.2, 0.25) is 0 Å². The van der Waals surface area contributed by atoms with E-state index in [4.69, 9.17) is 0 Å². The molecular formula is C9H16F3NO. The summed E-state index contributed by atoms with van der Waals surface area (Å²) in [6.07, 6.45) is -5.10. The van der Waals surface area contributed by atoms with Crippen molar-refractivity contribution >= 4 is 5.78 Å². The van der Waals surface area contributed by atoms with Gasteiger partial charge in [-0.2, -0.15) is 13.2 Å². The van der Waals surface area contributed by atoms with Gasteiger partial charge in [0.05, 0.1) is 0 Å². The van der Waals surface area contributed by atoms with Gasteiger partial charge in [0, 0.05) is 25.3 Å². The van der Waals surface area contributed by atoms with Gasteiger partial charge >= 0.3 is 6.18 Å². The molecule has 0 bridgehead atoms. The first-order chi connectivity index (χ1) is 6.37. The molecule has 5 heteroatoms. The maximum Gasteiger partial charge on any atom is 0.389 e. The highest BCUT2D eigenvalue weighted by Gasteiger charge is 2.26. The third-order valence-corrected chi connectivity index (χ3v) is 1.94. The number of Topliss-reactive ketones (excluding diaryl/α,β-unsaturated/α-hetero) is 1. The molecule has 0 amide bonds. The summed E-state index contributed by atoms with van der Waals surface area (Å²) >= 11 is 0. The van der Waals surface area contributed by atoms with Gasteiger partial charge in [-0.15, -0.1) is 0 Å². The second kappa shape index (κ2) is 6.01. The lowest BCUT2D eigenvalue weighted by Gasteiger charge is -2.10. The summed E-state index contributed by atoms with van der Waals surface area (Å²) in [6, 6.07) is 0. The maximum absolute atomic E-state index is 11.7. The molecule has 14 heavy (non-hydrogen) atoms. The summed E-state index contributed by atoms with van der Waals surface area (Å²) in [6.45, 7) is 2.23. The standard InChI is InChI=1S/C9H16F3NO/c1-7(6-13-2)8(14)4-3-5-9(10,11)12/h7,13H,3-6H2,1-2H3. The minimum Gasteiger partial charge on any atom is -0.319 e. The lowest BCUT2D eigenvalue weighted by atomic mass is 10.0. The van der Waals surface area contributed by atoms with Gasteiger partial charge in [0.25, 0.3) is 0 Å². The fourth-order valence-corrected chi connectivity index (χ4v) is 1.13. The van der Waals surface area contributed by atoms with Crippen LogP contribution in [0.3, 0.4) is 0 Å². The quantitative estimate of drug-likeness (QED) is 0.729. The van der Waals surface area contributed by atoms with Crippen LogP contribution in [-0.4, -0.2) is 25.6 Å². The molecule has 0 saturated carbocycles. The lowest BCUT2D eigenvalue weighted by Crippen LogP contribution is -2.23. The highest BCUT2D eigenvalue weighted by molar-refractivity contribution is 5.80. The van der Waals surface area contributed by atoms with Crippen LogP contribution in [-0.2, 0) is 4.79 Å². The smallest absolute Gasteiger partial charge is 0.319 e. The monoisotopic (exact) mass is 211 g/mol. The van der Waals surface area contributed by atoms with E-state index < -0.39 is 12.6 Å². The Morgan fingerprint density at radius 2 is 2.00 bits per heavy atom. The predicted molar refractivity (Wildman–Crippen MR) is 48.0 cm³/mol. The van der Waals surface area contributed by atoms with E-state index in [0.717, 1.165) is 0 Å². The van der Waals surface area contributed by atoms with E-state index in [-0.39, 0.29) is 24.5 Å². The zero-order chi connectivity index (χ0) is 11.2. The summed E-state index contributed by atoms with van der Waals surface area (Å²) in [5, 5.41) is 2.81. The van der Waals surface area contributed by atoms with Crippen molar-refractivity contribution in [2.75, 3.05) is 13.6 Å². The second-order valence-electron chi connectivity index (χ2n) is 3.39. The molecule has 2 nitrogen and oxygen atoms in total. The van der Waals surface area contributed by atoms with Gasteiger partial charge in [0.1, 0.15) is 5.78 Å². The molecule has 0 spiro atoms. The molecule has 84 valence electrons. The first-order valence-electron chi connectivity index (χ1n) is 4.61. The van der Waals surface area contributed by atoms with Crippen molar-refractivity contribution in [1.82, 2.24) is 5.32 Å². The Kier molecular flexibility index (Phi) is 5.76. The van der Waals surface area contributed by atoms with E-state index in [1.165, 1.54) is 0 Å². The van der Waals surface area contributed by atoms with Gasteiger partial charge in [0.2, 0.25) is 0 Å². The van der Waals surface area contributed by atoms with Crippen molar-refractivity contribution in [2.24, 2.45) is 5.92 Å². The fourth-order valence-electron chi connectivity index (χ4n) is 1.13. The van der Waals surface area contributed by atoms with E-state index in [0.29, 0.717) is 6.54 Å². The van der Waals surface area contributed by atoms with Crippen molar-refractivity contribution in [3.63, 3.8) is 0 Å². The van der Waals surface area contributed by atoms with Crippen LogP contribution in [0.5, 0.6) is 0 Å². The van der Waals surface area contributed by atoms with Gasteiger partial charge in [-0.1, -0.05) is 6.92 Å². The summed E-state index contributed by atoms with van der Waals surface area (Å²) in [5.74, 6) is -0.308. The van der Waals surface area contributed by atoms with Crippen molar-refractivity contribution in [1.29, 1.82) is 0 Å². The molecule has 0 aliphatic heterocycles. The van der Waals surface area contributed by atoms with Crippen LogP contribution < -0.4 is 5.32 Å². The van der Waals surface area contributed by atoms with Crippen LogP contribution >= 0.6 is 0 Å². The average molecular weight is 211 g/mol. The minimum absolute atomic E-state index is 0.0162. The number of carbonyl (C=O) groups excluding carboxylic acids is 1. The van der Waals surface area contributed by atoms with E-state index >= 15 is 0 Å². The number of alkyl halides is 3. The lowest BCUT2D eigenvalue weighted by molar-refractivity contribution is -0.137. The predicted octanol–water partition coefficient (Wildman–Crippen LogP) is 2.14. The first-order valence-corrected chi connectivity index (χ1v) is 4.61. The molecule has 1 atom stereocenters. The molecule has 0 aromatic heterocycles. The molecule has 1 unspecified atom stereocenters. The van der Waals surface area contributed by atoms with Gasteiger partial charge in [-0.25, -0.2) is 0 Å². The van der Waals surface area contributed by atoms with Crippen molar-refractivity contribution in [3.8, 4) is 0 Å². The van der Waals surface area contributed by atoms with Crippen LogP contribution in [0.25, 0.3) is 0 Å². The second-order valence-corrected chi connectivity index (χ2v) is 3.39. The molecule has 0 fully saturated rings. The molecule has 0 saturated heterocycles. The Hall–Kier alpha value is -0.580. The SMILES string of the molecule is CNCC(C)C(=O)CCCC(F)(F)F. The Balaban J connectivity index is 3.64. The van der Waals surface area contributed by atoms with Gasteiger partial charge in [-0.3, -0.25) is 4.79 Å². The van der Waals surface area contributed by atoms with E-state index in [9.17, 15) is 18.0 Å². The molecule has 0 aliphatic rings. The molecule has 0 aromatic carbocycles. The Labute approximate surface area is 81.9 Å². The Bertz CT molecular complexity index is 179. The summed E-state index contributed by atoms with van der Waals surface area (Å²) in [7, 11) is 1.71. The molecule has 1 N–H and O–H groups in total. The first kappa shape index (κ1) is 13.4. The maximum atomic E-state index is 11.7. The number of carbonyl (C=O) groups is 1. The number of halogens is 3.